The normalized spacial score (nSPS) is 14.3. The molecule has 1 saturated carbocycles. The summed E-state index contributed by atoms with van der Waals surface area (Å²) in [6, 6.07) is 6.18. The second-order valence-electron chi connectivity index (χ2n) is 5.49. The van der Waals surface area contributed by atoms with Crippen molar-refractivity contribution in [3.05, 3.63) is 52.7 Å². The second-order valence-corrected chi connectivity index (χ2v) is 5.90. The number of aromatic nitrogens is 1. The van der Waals surface area contributed by atoms with Crippen molar-refractivity contribution in [2.45, 2.75) is 25.1 Å². The molecule has 1 fully saturated rings. The summed E-state index contributed by atoms with van der Waals surface area (Å²) >= 11 is 5.94. The molecule has 1 aliphatic carbocycles. The van der Waals surface area contributed by atoms with E-state index in [0.717, 1.165) is 31.0 Å². The van der Waals surface area contributed by atoms with Crippen LogP contribution in [0.5, 0.6) is 0 Å². The van der Waals surface area contributed by atoms with E-state index >= 15 is 0 Å². The molecule has 0 radical (unpaired) electrons. The molecule has 2 N–H and O–H groups in total. The van der Waals surface area contributed by atoms with Crippen molar-refractivity contribution in [3.8, 4) is 0 Å². The molecule has 1 aromatic heterocycles. The summed E-state index contributed by atoms with van der Waals surface area (Å²) in [4.78, 5) is 16.0. The van der Waals surface area contributed by atoms with E-state index in [1.165, 1.54) is 18.3 Å². The highest BCUT2D eigenvalue weighted by Gasteiger charge is 2.31. The van der Waals surface area contributed by atoms with Crippen molar-refractivity contribution in [2.24, 2.45) is 0 Å². The molecular weight excluding hydrogens is 343 g/mol. The standard InChI is InChI=1S/C16H13ClF3N3O/c17-12-4-1-10(16(18,19)20)8-13(12)23-14-7-9(5-6-21-14)15(24)22-11-2-3-11/h1,4-8,11H,2-3H2,(H,21,23)(H,22,24). The van der Waals surface area contributed by atoms with Crippen LogP contribution in [0.1, 0.15) is 28.8 Å². The number of carbonyl (C=O) groups is 1. The Bertz CT molecular complexity index is 775. The minimum Gasteiger partial charge on any atom is -0.349 e. The Balaban J connectivity index is 1.82. The lowest BCUT2D eigenvalue weighted by Crippen LogP contribution is -2.25. The maximum absolute atomic E-state index is 12.8. The molecule has 3 rings (SSSR count). The van der Waals surface area contributed by atoms with Crippen molar-refractivity contribution in [3.63, 3.8) is 0 Å². The van der Waals surface area contributed by atoms with Crippen molar-refractivity contribution < 1.29 is 18.0 Å². The van der Waals surface area contributed by atoms with Crippen molar-refractivity contribution in [2.75, 3.05) is 5.32 Å². The van der Waals surface area contributed by atoms with Crippen LogP contribution < -0.4 is 10.6 Å². The molecule has 126 valence electrons. The van der Waals surface area contributed by atoms with Gasteiger partial charge in [-0.3, -0.25) is 4.79 Å². The minimum atomic E-state index is -4.47. The van der Waals surface area contributed by atoms with E-state index in [1.807, 2.05) is 0 Å². The number of nitrogens with one attached hydrogen (secondary N) is 2. The molecule has 0 aliphatic heterocycles. The molecule has 0 spiro atoms. The van der Waals surface area contributed by atoms with Crippen molar-refractivity contribution >= 4 is 29.0 Å². The van der Waals surface area contributed by atoms with Crippen LogP contribution in [0.25, 0.3) is 0 Å². The molecule has 1 heterocycles. The second kappa shape index (κ2) is 6.32. The van der Waals surface area contributed by atoms with Gasteiger partial charge in [0.15, 0.2) is 0 Å². The Labute approximate surface area is 141 Å². The van der Waals surface area contributed by atoms with Crippen LogP contribution >= 0.6 is 11.6 Å². The average Bonchev–Trinajstić information content (AvgIpc) is 3.32. The lowest BCUT2D eigenvalue weighted by atomic mass is 10.2. The maximum Gasteiger partial charge on any atom is 0.416 e. The molecule has 1 aliphatic rings. The largest absolute Gasteiger partial charge is 0.416 e. The number of amides is 1. The molecule has 0 unspecified atom stereocenters. The number of benzene rings is 1. The zero-order valence-corrected chi connectivity index (χ0v) is 13.1. The van der Waals surface area contributed by atoms with Gasteiger partial charge in [0.05, 0.1) is 16.3 Å². The number of hydrogen-bond donors (Lipinski definition) is 2. The van der Waals surface area contributed by atoms with Gasteiger partial charge in [0.1, 0.15) is 5.82 Å². The van der Waals surface area contributed by atoms with E-state index < -0.39 is 11.7 Å². The summed E-state index contributed by atoms with van der Waals surface area (Å²) in [6.07, 6.45) is -1.14. The van der Waals surface area contributed by atoms with E-state index in [-0.39, 0.29) is 28.5 Å². The highest BCUT2D eigenvalue weighted by molar-refractivity contribution is 6.33. The van der Waals surface area contributed by atoms with Crippen LogP contribution in [0.4, 0.5) is 24.7 Å². The van der Waals surface area contributed by atoms with E-state index in [4.69, 9.17) is 11.6 Å². The fraction of sp³-hybridized carbons (Fsp3) is 0.250. The Hall–Kier alpha value is -2.28. The number of alkyl halides is 3. The van der Waals surface area contributed by atoms with Crippen LogP contribution in [-0.2, 0) is 6.18 Å². The number of rotatable bonds is 4. The molecule has 2 aromatic rings. The van der Waals surface area contributed by atoms with Crippen LogP contribution in [0.3, 0.4) is 0 Å². The first-order chi connectivity index (χ1) is 11.3. The predicted octanol–water partition coefficient (Wildman–Crippen LogP) is 4.39. The third-order valence-corrected chi connectivity index (χ3v) is 3.82. The van der Waals surface area contributed by atoms with Crippen LogP contribution in [0.2, 0.25) is 5.02 Å². The molecule has 24 heavy (non-hydrogen) atoms. The van der Waals surface area contributed by atoms with Gasteiger partial charge >= 0.3 is 6.18 Å². The maximum atomic E-state index is 12.8. The number of hydrogen-bond acceptors (Lipinski definition) is 3. The van der Waals surface area contributed by atoms with Gasteiger partial charge in [0, 0.05) is 17.8 Å². The zero-order valence-electron chi connectivity index (χ0n) is 12.3. The molecule has 4 nitrogen and oxygen atoms in total. The molecule has 8 heteroatoms. The van der Waals surface area contributed by atoms with Gasteiger partial charge in [-0.15, -0.1) is 0 Å². The fourth-order valence-corrected chi connectivity index (χ4v) is 2.24. The topological polar surface area (TPSA) is 54.0 Å². The monoisotopic (exact) mass is 355 g/mol. The summed E-state index contributed by atoms with van der Waals surface area (Å²) in [5.41, 5.74) is -0.377. The quantitative estimate of drug-likeness (QED) is 0.855. The van der Waals surface area contributed by atoms with Gasteiger partial charge in [0.25, 0.3) is 5.91 Å². The summed E-state index contributed by atoms with van der Waals surface area (Å²) in [5, 5.41) is 5.68. The molecule has 1 aromatic carbocycles. The SMILES string of the molecule is O=C(NC1CC1)c1ccnc(Nc2cc(C(F)(F)F)ccc2Cl)c1. The van der Waals surface area contributed by atoms with Crippen molar-refractivity contribution in [1.82, 2.24) is 10.3 Å². The van der Waals surface area contributed by atoms with Crippen LogP contribution in [0, 0.1) is 0 Å². The van der Waals surface area contributed by atoms with E-state index in [0.29, 0.717) is 5.56 Å². The summed E-state index contributed by atoms with van der Waals surface area (Å²) in [7, 11) is 0. The Morgan fingerprint density at radius 2 is 1.96 bits per heavy atom. The number of pyridine rings is 1. The average molecular weight is 356 g/mol. The Kier molecular flexibility index (Phi) is 4.36. The van der Waals surface area contributed by atoms with Gasteiger partial charge in [-0.05, 0) is 43.2 Å². The number of halogens is 4. The van der Waals surface area contributed by atoms with E-state index in [2.05, 4.69) is 15.6 Å². The first-order valence-corrected chi connectivity index (χ1v) is 7.61. The van der Waals surface area contributed by atoms with E-state index in [1.54, 1.807) is 0 Å². The first-order valence-electron chi connectivity index (χ1n) is 7.23. The first kappa shape index (κ1) is 16.6. The lowest BCUT2D eigenvalue weighted by molar-refractivity contribution is -0.137. The molecule has 1 amide bonds. The summed E-state index contributed by atoms with van der Waals surface area (Å²) in [5.74, 6) is -0.00207. The smallest absolute Gasteiger partial charge is 0.349 e. The highest BCUT2D eigenvalue weighted by atomic mass is 35.5. The van der Waals surface area contributed by atoms with E-state index in [9.17, 15) is 18.0 Å². The molecule has 0 saturated heterocycles. The summed E-state index contributed by atoms with van der Waals surface area (Å²) in [6.45, 7) is 0. The number of nitrogens with zero attached hydrogens (tertiary/aromatic N) is 1. The Morgan fingerprint density at radius 1 is 1.21 bits per heavy atom. The lowest BCUT2D eigenvalue weighted by Gasteiger charge is -2.12. The molecule has 0 atom stereocenters. The van der Waals surface area contributed by atoms with Crippen LogP contribution in [0.15, 0.2) is 36.5 Å². The minimum absolute atomic E-state index is 0.0683. The summed E-state index contributed by atoms with van der Waals surface area (Å²) < 4.78 is 38.4. The highest BCUT2D eigenvalue weighted by Crippen LogP contribution is 2.34. The fourth-order valence-electron chi connectivity index (χ4n) is 2.07. The Morgan fingerprint density at radius 3 is 2.62 bits per heavy atom. The molecular formula is C16H13ClF3N3O. The zero-order chi connectivity index (χ0) is 17.3. The van der Waals surface area contributed by atoms with Gasteiger partial charge in [-0.2, -0.15) is 13.2 Å². The van der Waals surface area contributed by atoms with Gasteiger partial charge in [0.2, 0.25) is 0 Å². The predicted molar refractivity (Wildman–Crippen MR) is 84.5 cm³/mol. The molecule has 0 bridgehead atoms. The van der Waals surface area contributed by atoms with Crippen molar-refractivity contribution in [1.29, 1.82) is 0 Å². The van der Waals surface area contributed by atoms with Gasteiger partial charge < -0.3 is 10.6 Å². The van der Waals surface area contributed by atoms with Gasteiger partial charge in [-0.25, -0.2) is 4.98 Å². The van der Waals surface area contributed by atoms with Gasteiger partial charge in [-0.1, -0.05) is 11.6 Å². The van der Waals surface area contributed by atoms with Crippen LogP contribution in [-0.4, -0.2) is 16.9 Å². The number of anilines is 2. The third kappa shape index (κ3) is 3.97. The third-order valence-electron chi connectivity index (χ3n) is 3.49. The number of carbonyl (C=O) groups excluding carboxylic acids is 1.